The number of anilines is 1. The van der Waals surface area contributed by atoms with Gasteiger partial charge in [0.05, 0.1) is 24.4 Å². The summed E-state index contributed by atoms with van der Waals surface area (Å²) in [5.41, 5.74) is 1.59. The maximum Gasteiger partial charge on any atom is 0.267 e. The van der Waals surface area contributed by atoms with Crippen LogP contribution in [-0.2, 0) is 0 Å². The van der Waals surface area contributed by atoms with Crippen molar-refractivity contribution in [1.29, 1.82) is 0 Å². The molecule has 0 aliphatic rings. The maximum atomic E-state index is 12.1. The lowest BCUT2D eigenvalue weighted by molar-refractivity contribution is 0.103. The standard InChI is InChI=1S/C14H7BrCl2N2OS2/c15-12-4-3-11(22-12)13(20)19-14-18-10(6-21-14)7-1-2-8(16)9(17)5-7/h1-6H,(H,18,19,20). The van der Waals surface area contributed by atoms with Crippen molar-refractivity contribution in [2.45, 2.75) is 0 Å². The number of aromatic nitrogens is 1. The zero-order chi connectivity index (χ0) is 15.7. The van der Waals surface area contributed by atoms with Gasteiger partial charge in [-0.25, -0.2) is 4.98 Å². The molecule has 1 aromatic carbocycles. The number of nitrogens with zero attached hydrogens (tertiary/aromatic N) is 1. The van der Waals surface area contributed by atoms with Crippen molar-refractivity contribution in [2.24, 2.45) is 0 Å². The third kappa shape index (κ3) is 3.52. The van der Waals surface area contributed by atoms with Crippen LogP contribution in [0.15, 0.2) is 39.5 Å². The Bertz CT molecular complexity index is 847. The van der Waals surface area contributed by atoms with Crippen LogP contribution >= 0.6 is 61.8 Å². The van der Waals surface area contributed by atoms with Crippen molar-refractivity contribution >= 4 is 72.8 Å². The number of nitrogens with one attached hydrogen (secondary N) is 1. The van der Waals surface area contributed by atoms with Crippen molar-refractivity contribution in [1.82, 2.24) is 4.98 Å². The third-order valence-electron chi connectivity index (χ3n) is 2.74. The van der Waals surface area contributed by atoms with Gasteiger partial charge in [0.2, 0.25) is 0 Å². The summed E-state index contributed by atoms with van der Waals surface area (Å²) in [4.78, 5) is 17.1. The molecule has 1 amide bonds. The van der Waals surface area contributed by atoms with E-state index in [1.165, 1.54) is 22.7 Å². The predicted octanol–water partition coefficient (Wildman–Crippen LogP) is 6.19. The number of carbonyl (C=O) groups is 1. The summed E-state index contributed by atoms with van der Waals surface area (Å²) in [7, 11) is 0. The third-order valence-corrected chi connectivity index (χ3v) is 5.86. The monoisotopic (exact) mass is 432 g/mol. The summed E-state index contributed by atoms with van der Waals surface area (Å²) in [6.45, 7) is 0. The van der Waals surface area contributed by atoms with Crippen LogP contribution in [0.2, 0.25) is 10.0 Å². The van der Waals surface area contributed by atoms with Crippen LogP contribution < -0.4 is 5.32 Å². The van der Waals surface area contributed by atoms with E-state index >= 15 is 0 Å². The van der Waals surface area contributed by atoms with Gasteiger partial charge in [-0.05, 0) is 40.2 Å². The number of carbonyl (C=O) groups excluding carboxylic acids is 1. The van der Waals surface area contributed by atoms with Crippen molar-refractivity contribution in [3.05, 3.63) is 54.4 Å². The molecule has 2 aromatic heterocycles. The van der Waals surface area contributed by atoms with Gasteiger partial charge in [0, 0.05) is 10.9 Å². The molecule has 0 bridgehead atoms. The lowest BCUT2D eigenvalue weighted by Gasteiger charge is -2.00. The minimum Gasteiger partial charge on any atom is -0.297 e. The summed E-state index contributed by atoms with van der Waals surface area (Å²) in [5.74, 6) is -0.175. The second kappa shape index (κ2) is 6.68. The SMILES string of the molecule is O=C(Nc1nc(-c2ccc(Cl)c(Cl)c2)cs1)c1ccc(Br)s1. The minimum atomic E-state index is -0.175. The van der Waals surface area contributed by atoms with E-state index in [2.05, 4.69) is 26.2 Å². The molecule has 0 saturated heterocycles. The van der Waals surface area contributed by atoms with E-state index in [1.54, 1.807) is 18.2 Å². The van der Waals surface area contributed by atoms with Crippen molar-refractivity contribution in [3.63, 3.8) is 0 Å². The van der Waals surface area contributed by atoms with Crippen LogP contribution in [-0.4, -0.2) is 10.9 Å². The highest BCUT2D eigenvalue weighted by Crippen LogP contribution is 2.31. The van der Waals surface area contributed by atoms with E-state index in [0.29, 0.717) is 20.1 Å². The van der Waals surface area contributed by atoms with Gasteiger partial charge in [-0.15, -0.1) is 22.7 Å². The molecule has 3 rings (SSSR count). The normalized spacial score (nSPS) is 10.7. The Morgan fingerprint density at radius 1 is 1.18 bits per heavy atom. The van der Waals surface area contributed by atoms with Crippen LogP contribution in [0, 0.1) is 0 Å². The molecule has 0 aliphatic carbocycles. The highest BCUT2D eigenvalue weighted by Gasteiger charge is 2.12. The van der Waals surface area contributed by atoms with Crippen LogP contribution in [0.4, 0.5) is 5.13 Å². The molecule has 0 unspecified atom stereocenters. The predicted molar refractivity (Wildman–Crippen MR) is 97.5 cm³/mol. The summed E-state index contributed by atoms with van der Waals surface area (Å²) < 4.78 is 0.910. The lowest BCUT2D eigenvalue weighted by atomic mass is 10.2. The van der Waals surface area contributed by atoms with Gasteiger partial charge in [-0.3, -0.25) is 10.1 Å². The fraction of sp³-hybridized carbons (Fsp3) is 0. The van der Waals surface area contributed by atoms with Gasteiger partial charge in [0.25, 0.3) is 5.91 Å². The molecule has 0 spiro atoms. The zero-order valence-corrected chi connectivity index (χ0v) is 15.5. The van der Waals surface area contributed by atoms with E-state index < -0.39 is 0 Å². The Balaban J connectivity index is 1.78. The molecule has 1 N–H and O–H groups in total. The van der Waals surface area contributed by atoms with Crippen LogP contribution in [0.5, 0.6) is 0 Å². The Kier molecular flexibility index (Phi) is 4.84. The molecular weight excluding hydrogens is 427 g/mol. The van der Waals surface area contributed by atoms with Crippen LogP contribution in [0.3, 0.4) is 0 Å². The molecule has 3 nitrogen and oxygen atoms in total. The van der Waals surface area contributed by atoms with Crippen LogP contribution in [0.1, 0.15) is 9.67 Å². The molecule has 22 heavy (non-hydrogen) atoms. The minimum absolute atomic E-state index is 0.175. The quantitative estimate of drug-likeness (QED) is 0.534. The largest absolute Gasteiger partial charge is 0.297 e. The van der Waals surface area contributed by atoms with Gasteiger partial charge in [-0.2, -0.15) is 0 Å². The Labute approximate surface area is 153 Å². The summed E-state index contributed by atoms with van der Waals surface area (Å²) in [6.07, 6.45) is 0. The van der Waals surface area contributed by atoms with E-state index in [0.717, 1.165) is 15.0 Å². The Morgan fingerprint density at radius 2 is 2.00 bits per heavy atom. The van der Waals surface area contributed by atoms with E-state index in [9.17, 15) is 4.79 Å². The molecule has 0 fully saturated rings. The second-order valence-electron chi connectivity index (χ2n) is 4.22. The van der Waals surface area contributed by atoms with Crippen LogP contribution in [0.25, 0.3) is 11.3 Å². The molecule has 8 heteroatoms. The lowest BCUT2D eigenvalue weighted by Crippen LogP contribution is -2.09. The first-order valence-electron chi connectivity index (χ1n) is 6.00. The Morgan fingerprint density at radius 3 is 2.68 bits per heavy atom. The number of benzene rings is 1. The molecule has 2 heterocycles. The molecule has 0 radical (unpaired) electrons. The highest BCUT2D eigenvalue weighted by atomic mass is 79.9. The highest BCUT2D eigenvalue weighted by molar-refractivity contribution is 9.11. The van der Waals surface area contributed by atoms with E-state index in [-0.39, 0.29) is 5.91 Å². The van der Waals surface area contributed by atoms with Gasteiger partial charge >= 0.3 is 0 Å². The van der Waals surface area contributed by atoms with E-state index in [4.69, 9.17) is 23.2 Å². The molecule has 112 valence electrons. The van der Waals surface area contributed by atoms with Gasteiger partial charge in [-0.1, -0.05) is 29.3 Å². The number of thiazole rings is 1. The summed E-state index contributed by atoms with van der Waals surface area (Å²) >= 11 is 18.0. The topological polar surface area (TPSA) is 42.0 Å². The van der Waals surface area contributed by atoms with Crippen molar-refractivity contribution in [3.8, 4) is 11.3 Å². The number of hydrogen-bond donors (Lipinski definition) is 1. The first-order valence-corrected chi connectivity index (χ1v) is 9.25. The maximum absolute atomic E-state index is 12.1. The number of rotatable bonds is 3. The van der Waals surface area contributed by atoms with Crippen molar-refractivity contribution < 1.29 is 4.79 Å². The smallest absolute Gasteiger partial charge is 0.267 e. The molecular formula is C14H7BrCl2N2OS2. The number of halogens is 3. The van der Waals surface area contributed by atoms with Gasteiger partial charge in [0.1, 0.15) is 0 Å². The first-order chi connectivity index (χ1) is 10.5. The van der Waals surface area contributed by atoms with E-state index in [1.807, 2.05) is 17.5 Å². The van der Waals surface area contributed by atoms with Crippen molar-refractivity contribution in [2.75, 3.05) is 5.32 Å². The fourth-order valence-electron chi connectivity index (χ4n) is 1.71. The zero-order valence-electron chi connectivity index (χ0n) is 10.8. The molecule has 0 saturated carbocycles. The summed E-state index contributed by atoms with van der Waals surface area (Å²) in [5, 5.41) is 6.16. The molecule has 0 atom stereocenters. The fourth-order valence-corrected chi connectivity index (χ4v) is 4.01. The molecule has 3 aromatic rings. The number of hydrogen-bond acceptors (Lipinski definition) is 4. The number of amides is 1. The first kappa shape index (κ1) is 16.0. The molecule has 0 aliphatic heterocycles. The van der Waals surface area contributed by atoms with Gasteiger partial charge in [0.15, 0.2) is 5.13 Å². The number of thiophene rings is 1. The second-order valence-corrected chi connectivity index (χ2v) is 8.36. The summed E-state index contributed by atoms with van der Waals surface area (Å²) in [6, 6.07) is 8.91. The Hall–Kier alpha value is -0.920. The van der Waals surface area contributed by atoms with Gasteiger partial charge < -0.3 is 0 Å². The average Bonchev–Trinajstić information content (AvgIpc) is 3.11. The average molecular weight is 434 g/mol.